The maximum Gasteiger partial charge on any atom is 0.327 e. The van der Waals surface area contributed by atoms with E-state index >= 15 is 0 Å². The van der Waals surface area contributed by atoms with E-state index in [9.17, 15) is 9.59 Å². The Labute approximate surface area is 95.3 Å². The summed E-state index contributed by atoms with van der Waals surface area (Å²) >= 11 is 0. The van der Waals surface area contributed by atoms with Crippen molar-refractivity contribution in [3.05, 3.63) is 12.2 Å². The number of carboxylic acid groups (broad SMARTS) is 1. The van der Waals surface area contributed by atoms with E-state index in [1.165, 1.54) is 6.08 Å². The summed E-state index contributed by atoms with van der Waals surface area (Å²) in [5.41, 5.74) is 5.65. The van der Waals surface area contributed by atoms with Crippen molar-refractivity contribution in [2.75, 3.05) is 6.61 Å². The molecule has 0 amide bonds. The Hall–Kier alpha value is -1.36. The average molecular weight is 229 g/mol. The van der Waals surface area contributed by atoms with E-state index in [0.717, 1.165) is 12.5 Å². The molecule has 92 valence electrons. The number of carboxylic acids is 1. The summed E-state index contributed by atoms with van der Waals surface area (Å²) in [6, 6.07) is -0.603. The molecule has 0 aromatic rings. The van der Waals surface area contributed by atoms with Crippen molar-refractivity contribution in [2.45, 2.75) is 32.7 Å². The quantitative estimate of drug-likeness (QED) is 0.385. The average Bonchev–Trinajstić information content (AvgIpc) is 2.25. The van der Waals surface area contributed by atoms with Gasteiger partial charge in [-0.2, -0.15) is 0 Å². The predicted octanol–water partition coefficient (Wildman–Crippen LogP) is 0.934. The number of ether oxygens (including phenoxy) is 1. The van der Waals surface area contributed by atoms with Crippen LogP contribution in [0.4, 0.5) is 0 Å². The Bertz CT molecular complexity index is 263. The second-order valence-corrected chi connectivity index (χ2v) is 3.61. The summed E-state index contributed by atoms with van der Waals surface area (Å²) in [6.07, 6.45) is 3.65. The van der Waals surface area contributed by atoms with Gasteiger partial charge < -0.3 is 15.6 Å². The van der Waals surface area contributed by atoms with E-state index in [4.69, 9.17) is 15.6 Å². The molecule has 2 atom stereocenters. The highest BCUT2D eigenvalue weighted by atomic mass is 16.5. The summed E-state index contributed by atoms with van der Waals surface area (Å²) in [5, 5.41) is 8.30. The lowest BCUT2D eigenvalue weighted by Crippen LogP contribution is -2.38. The van der Waals surface area contributed by atoms with E-state index < -0.39 is 18.0 Å². The molecule has 3 N–H and O–H groups in total. The second kappa shape index (κ2) is 7.87. The van der Waals surface area contributed by atoms with Crippen molar-refractivity contribution in [3.63, 3.8) is 0 Å². The SMILES string of the molecule is CC[C@H](C)[C@H](N)C(=O)OCCC=CC(=O)O. The minimum atomic E-state index is -1.01. The molecule has 0 radical (unpaired) electrons. The molecule has 0 saturated heterocycles. The molecule has 0 aromatic carbocycles. The number of aliphatic carboxylic acids is 1. The monoisotopic (exact) mass is 229 g/mol. The van der Waals surface area contributed by atoms with Gasteiger partial charge >= 0.3 is 11.9 Å². The van der Waals surface area contributed by atoms with Gasteiger partial charge in [-0.15, -0.1) is 0 Å². The molecule has 0 heterocycles. The van der Waals surface area contributed by atoms with Crippen LogP contribution in [-0.4, -0.2) is 29.7 Å². The molecule has 0 spiro atoms. The van der Waals surface area contributed by atoms with Gasteiger partial charge in [0.25, 0.3) is 0 Å². The summed E-state index contributed by atoms with van der Waals surface area (Å²) in [7, 11) is 0. The van der Waals surface area contributed by atoms with Crippen LogP contribution in [0.25, 0.3) is 0 Å². The van der Waals surface area contributed by atoms with Crippen LogP contribution in [0.2, 0.25) is 0 Å². The van der Waals surface area contributed by atoms with Crippen molar-refractivity contribution < 1.29 is 19.4 Å². The minimum absolute atomic E-state index is 0.0852. The number of esters is 1. The van der Waals surface area contributed by atoms with Crippen LogP contribution in [0.3, 0.4) is 0 Å². The molecule has 5 heteroatoms. The molecule has 5 nitrogen and oxygen atoms in total. The Balaban J connectivity index is 3.77. The number of carbonyl (C=O) groups is 2. The lowest BCUT2D eigenvalue weighted by Gasteiger charge is -2.16. The van der Waals surface area contributed by atoms with Crippen LogP contribution in [0.1, 0.15) is 26.7 Å². The Morgan fingerprint density at radius 1 is 1.50 bits per heavy atom. The van der Waals surface area contributed by atoms with Crippen molar-refractivity contribution in [1.29, 1.82) is 0 Å². The van der Waals surface area contributed by atoms with Gasteiger partial charge in [0.05, 0.1) is 6.61 Å². The van der Waals surface area contributed by atoms with Crippen molar-refractivity contribution in [3.8, 4) is 0 Å². The molecule has 16 heavy (non-hydrogen) atoms. The number of hydrogen-bond donors (Lipinski definition) is 2. The van der Waals surface area contributed by atoms with Gasteiger partial charge in [-0.05, 0) is 5.92 Å². The fourth-order valence-corrected chi connectivity index (χ4v) is 0.994. The molecule has 0 bridgehead atoms. The molecule has 0 aliphatic carbocycles. The summed E-state index contributed by atoms with van der Waals surface area (Å²) in [4.78, 5) is 21.5. The third-order valence-corrected chi connectivity index (χ3v) is 2.32. The first-order valence-electron chi connectivity index (χ1n) is 5.30. The fourth-order valence-electron chi connectivity index (χ4n) is 0.994. The lowest BCUT2D eigenvalue weighted by atomic mass is 10.0. The van der Waals surface area contributed by atoms with Crippen LogP contribution in [0, 0.1) is 5.92 Å². The van der Waals surface area contributed by atoms with Gasteiger partial charge in [-0.1, -0.05) is 26.3 Å². The van der Waals surface area contributed by atoms with Gasteiger partial charge in [0.1, 0.15) is 6.04 Å². The Morgan fingerprint density at radius 3 is 2.62 bits per heavy atom. The molecule has 0 rings (SSSR count). The Kier molecular flexibility index (Phi) is 7.20. The van der Waals surface area contributed by atoms with Crippen molar-refractivity contribution in [1.82, 2.24) is 0 Å². The van der Waals surface area contributed by atoms with E-state index in [1.807, 2.05) is 13.8 Å². The third-order valence-electron chi connectivity index (χ3n) is 2.32. The normalized spacial score (nSPS) is 14.7. The molecule has 0 aliphatic rings. The first-order valence-corrected chi connectivity index (χ1v) is 5.30. The third kappa shape index (κ3) is 6.19. The van der Waals surface area contributed by atoms with E-state index in [-0.39, 0.29) is 12.5 Å². The number of nitrogens with two attached hydrogens (primary N) is 1. The van der Waals surface area contributed by atoms with E-state index in [1.54, 1.807) is 0 Å². The number of carbonyl (C=O) groups excluding carboxylic acids is 1. The molecule has 0 aliphatic heterocycles. The standard InChI is InChI=1S/C11H19NO4/c1-3-8(2)10(12)11(15)16-7-5-4-6-9(13)14/h4,6,8,10H,3,5,7,12H2,1-2H3,(H,13,14)/t8-,10-/m0/s1. The first-order chi connectivity index (χ1) is 7.49. The van der Waals surface area contributed by atoms with Gasteiger partial charge in [0.15, 0.2) is 0 Å². The zero-order valence-electron chi connectivity index (χ0n) is 9.68. The number of hydrogen-bond acceptors (Lipinski definition) is 4. The number of rotatable bonds is 7. The van der Waals surface area contributed by atoms with Gasteiger partial charge in [0, 0.05) is 12.5 Å². The molecular formula is C11H19NO4. The highest BCUT2D eigenvalue weighted by Gasteiger charge is 2.20. The topological polar surface area (TPSA) is 89.6 Å². The summed E-state index contributed by atoms with van der Waals surface area (Å²) in [5.74, 6) is -1.36. The van der Waals surface area contributed by atoms with E-state index in [2.05, 4.69) is 0 Å². The highest BCUT2D eigenvalue weighted by molar-refractivity contribution is 5.79. The second-order valence-electron chi connectivity index (χ2n) is 3.61. The van der Waals surface area contributed by atoms with Crippen LogP contribution in [-0.2, 0) is 14.3 Å². The van der Waals surface area contributed by atoms with Crippen LogP contribution >= 0.6 is 0 Å². The van der Waals surface area contributed by atoms with Gasteiger partial charge in [0.2, 0.25) is 0 Å². The molecule has 0 unspecified atom stereocenters. The van der Waals surface area contributed by atoms with Crippen molar-refractivity contribution >= 4 is 11.9 Å². The van der Waals surface area contributed by atoms with Crippen LogP contribution in [0.5, 0.6) is 0 Å². The van der Waals surface area contributed by atoms with Gasteiger partial charge in [-0.25, -0.2) is 4.79 Å². The molecular weight excluding hydrogens is 210 g/mol. The fraction of sp³-hybridized carbons (Fsp3) is 0.636. The van der Waals surface area contributed by atoms with Crippen LogP contribution in [0.15, 0.2) is 12.2 Å². The minimum Gasteiger partial charge on any atom is -0.478 e. The maximum atomic E-state index is 11.4. The molecule has 0 aromatic heterocycles. The summed E-state index contributed by atoms with van der Waals surface area (Å²) < 4.78 is 4.90. The van der Waals surface area contributed by atoms with Crippen molar-refractivity contribution in [2.24, 2.45) is 11.7 Å². The van der Waals surface area contributed by atoms with Crippen LogP contribution < -0.4 is 5.73 Å². The smallest absolute Gasteiger partial charge is 0.327 e. The highest BCUT2D eigenvalue weighted by Crippen LogP contribution is 2.06. The largest absolute Gasteiger partial charge is 0.478 e. The summed E-state index contributed by atoms with van der Waals surface area (Å²) in [6.45, 7) is 4.00. The first kappa shape index (κ1) is 14.6. The Morgan fingerprint density at radius 2 is 2.12 bits per heavy atom. The lowest BCUT2D eigenvalue weighted by molar-refractivity contribution is -0.146. The predicted molar refractivity (Wildman–Crippen MR) is 59.8 cm³/mol. The zero-order valence-corrected chi connectivity index (χ0v) is 9.68. The van der Waals surface area contributed by atoms with E-state index in [0.29, 0.717) is 6.42 Å². The van der Waals surface area contributed by atoms with Gasteiger partial charge in [-0.3, -0.25) is 4.79 Å². The maximum absolute atomic E-state index is 11.4. The molecule has 0 saturated carbocycles. The zero-order chi connectivity index (χ0) is 12.6. The molecule has 0 fully saturated rings.